The molecule has 0 unspecified atom stereocenters. The lowest BCUT2D eigenvalue weighted by Gasteiger charge is -2.09. The quantitative estimate of drug-likeness (QED) is 0.873. The van der Waals surface area contributed by atoms with Crippen LogP contribution < -0.4 is 4.74 Å². The van der Waals surface area contributed by atoms with E-state index in [1.54, 1.807) is 37.3 Å². The van der Waals surface area contributed by atoms with Crippen molar-refractivity contribution in [2.45, 2.75) is 11.8 Å². The van der Waals surface area contributed by atoms with E-state index in [0.29, 0.717) is 21.6 Å². The molecular weight excluding hydrogens is 291 g/mol. The molecule has 0 amide bonds. The second kappa shape index (κ2) is 5.00. The number of benzene rings is 2. The maximum atomic E-state index is 13.5. The van der Waals surface area contributed by atoms with Gasteiger partial charge in [0.2, 0.25) is 9.84 Å². The zero-order valence-electron chi connectivity index (χ0n) is 11.3. The van der Waals surface area contributed by atoms with Gasteiger partial charge >= 0.3 is 0 Å². The summed E-state index contributed by atoms with van der Waals surface area (Å²) in [6.07, 6.45) is 0. The Morgan fingerprint density at radius 1 is 1.10 bits per heavy atom. The molecule has 21 heavy (non-hydrogen) atoms. The summed E-state index contributed by atoms with van der Waals surface area (Å²) in [5, 5.41) is 1.20. The van der Waals surface area contributed by atoms with Gasteiger partial charge in [-0.15, -0.1) is 0 Å². The third-order valence-corrected chi connectivity index (χ3v) is 5.07. The molecule has 0 bridgehead atoms. The van der Waals surface area contributed by atoms with Crippen molar-refractivity contribution >= 4 is 15.4 Å². The van der Waals surface area contributed by atoms with Crippen molar-refractivity contribution in [2.24, 2.45) is 0 Å². The number of ether oxygens (including phenoxy) is 1. The van der Waals surface area contributed by atoms with Gasteiger partial charge in [0, 0.05) is 16.5 Å². The van der Waals surface area contributed by atoms with E-state index in [1.165, 1.54) is 17.5 Å². The Morgan fingerprint density at radius 3 is 2.62 bits per heavy atom. The van der Waals surface area contributed by atoms with E-state index in [-0.39, 0.29) is 12.4 Å². The lowest BCUT2D eigenvalue weighted by molar-refractivity contribution is 0.348. The largest absolute Gasteiger partial charge is 0.486 e. The zero-order chi connectivity index (χ0) is 15.0. The van der Waals surface area contributed by atoms with E-state index >= 15 is 0 Å². The second-order valence-electron chi connectivity index (χ2n) is 4.86. The fraction of sp³-hybridized carbons (Fsp3) is 0.125. The number of hydrogen-bond donors (Lipinski definition) is 0. The molecule has 3 rings (SSSR count). The number of rotatable bonds is 3. The monoisotopic (exact) mass is 304 g/mol. The van der Waals surface area contributed by atoms with Gasteiger partial charge in [-0.2, -0.15) is 0 Å². The Hall–Kier alpha value is -2.14. The van der Waals surface area contributed by atoms with Gasteiger partial charge in [0.15, 0.2) is 11.6 Å². The van der Waals surface area contributed by atoms with Crippen molar-refractivity contribution < 1.29 is 17.5 Å². The van der Waals surface area contributed by atoms with Gasteiger partial charge in [-0.25, -0.2) is 12.8 Å². The third kappa shape index (κ3) is 2.45. The summed E-state index contributed by atoms with van der Waals surface area (Å²) in [5.41, 5.74) is 1.87. The van der Waals surface area contributed by atoms with Gasteiger partial charge in [-0.1, -0.05) is 30.3 Å². The molecule has 0 fully saturated rings. The molecule has 0 N–H and O–H groups in total. The van der Waals surface area contributed by atoms with Crippen molar-refractivity contribution in [3.63, 3.8) is 0 Å². The molecule has 2 aromatic rings. The molecule has 0 radical (unpaired) electrons. The topological polar surface area (TPSA) is 43.4 Å². The molecule has 1 heterocycles. The average molecular weight is 304 g/mol. The highest BCUT2D eigenvalue weighted by molar-refractivity contribution is 7.95. The van der Waals surface area contributed by atoms with E-state index < -0.39 is 15.7 Å². The van der Waals surface area contributed by atoms with Crippen LogP contribution >= 0.6 is 0 Å². The molecule has 3 nitrogen and oxygen atoms in total. The van der Waals surface area contributed by atoms with Crippen LogP contribution in [0.2, 0.25) is 0 Å². The van der Waals surface area contributed by atoms with Crippen LogP contribution in [0.5, 0.6) is 5.75 Å². The predicted octanol–water partition coefficient (Wildman–Crippen LogP) is 3.34. The zero-order valence-corrected chi connectivity index (χ0v) is 12.2. The Balaban J connectivity index is 1.92. The van der Waals surface area contributed by atoms with Crippen LogP contribution in [0.1, 0.15) is 11.1 Å². The van der Waals surface area contributed by atoms with Gasteiger partial charge in [0.1, 0.15) is 6.61 Å². The van der Waals surface area contributed by atoms with E-state index in [1.807, 2.05) is 0 Å². The lowest BCUT2D eigenvalue weighted by Crippen LogP contribution is -2.01. The summed E-state index contributed by atoms with van der Waals surface area (Å²) in [6, 6.07) is 11.3. The maximum Gasteiger partial charge on any atom is 0.201 e. The molecule has 1 aliphatic heterocycles. The SMILES string of the molecule is Cc1cccc2c1S(=O)(=O)C=C2COc1ccccc1F. The summed E-state index contributed by atoms with van der Waals surface area (Å²) < 4.78 is 43.2. The van der Waals surface area contributed by atoms with Gasteiger partial charge in [0.05, 0.1) is 4.90 Å². The van der Waals surface area contributed by atoms with E-state index in [2.05, 4.69) is 0 Å². The highest BCUT2D eigenvalue weighted by Gasteiger charge is 2.28. The average Bonchev–Trinajstić information content (AvgIpc) is 2.70. The van der Waals surface area contributed by atoms with Crippen LogP contribution in [0.3, 0.4) is 0 Å². The van der Waals surface area contributed by atoms with Crippen LogP contribution in [-0.2, 0) is 9.84 Å². The van der Waals surface area contributed by atoms with Crippen molar-refractivity contribution in [3.05, 3.63) is 64.8 Å². The summed E-state index contributed by atoms with van der Waals surface area (Å²) >= 11 is 0. The molecule has 0 aliphatic carbocycles. The predicted molar refractivity (Wildman–Crippen MR) is 78.2 cm³/mol. The number of fused-ring (bicyclic) bond motifs is 1. The van der Waals surface area contributed by atoms with Crippen molar-refractivity contribution in [3.8, 4) is 5.75 Å². The summed E-state index contributed by atoms with van der Waals surface area (Å²) in [4.78, 5) is 0.317. The standard InChI is InChI=1S/C16H13FO3S/c1-11-5-4-6-13-12(10-21(18,19)16(11)13)9-20-15-8-3-2-7-14(15)17/h2-8,10H,9H2,1H3. The molecule has 1 aliphatic rings. The molecule has 0 saturated carbocycles. The highest BCUT2D eigenvalue weighted by Crippen LogP contribution is 2.35. The minimum Gasteiger partial charge on any atom is -0.486 e. The Labute approximate surface area is 122 Å². The first-order valence-corrected chi connectivity index (χ1v) is 7.96. The van der Waals surface area contributed by atoms with Gasteiger partial charge < -0.3 is 4.74 Å². The summed E-state index contributed by atoms with van der Waals surface area (Å²) in [5.74, 6) is -0.361. The highest BCUT2D eigenvalue weighted by atomic mass is 32.2. The van der Waals surface area contributed by atoms with Crippen molar-refractivity contribution in [1.82, 2.24) is 0 Å². The molecule has 108 valence electrons. The number of aryl methyl sites for hydroxylation is 1. The van der Waals surface area contributed by atoms with Gasteiger partial charge in [-0.05, 0) is 24.6 Å². The number of sulfone groups is 1. The molecular formula is C16H13FO3S. The molecule has 0 spiro atoms. The number of para-hydroxylation sites is 1. The minimum absolute atomic E-state index is 0.0105. The molecule has 5 heteroatoms. The van der Waals surface area contributed by atoms with Crippen molar-refractivity contribution in [1.29, 1.82) is 0 Å². The van der Waals surface area contributed by atoms with Crippen LogP contribution in [0.15, 0.2) is 52.8 Å². The number of halogens is 1. The van der Waals surface area contributed by atoms with Crippen LogP contribution in [0.4, 0.5) is 4.39 Å². The van der Waals surface area contributed by atoms with Crippen LogP contribution in [0, 0.1) is 12.7 Å². The minimum atomic E-state index is -3.44. The smallest absolute Gasteiger partial charge is 0.201 e. The van der Waals surface area contributed by atoms with E-state index in [4.69, 9.17) is 4.74 Å². The van der Waals surface area contributed by atoms with Gasteiger partial charge in [0.25, 0.3) is 0 Å². The Bertz CT molecular complexity index is 838. The number of hydrogen-bond acceptors (Lipinski definition) is 3. The molecule has 2 aromatic carbocycles. The van der Waals surface area contributed by atoms with E-state index in [0.717, 1.165) is 0 Å². The van der Waals surface area contributed by atoms with Crippen molar-refractivity contribution in [2.75, 3.05) is 6.61 Å². The fourth-order valence-electron chi connectivity index (χ4n) is 2.42. The fourth-order valence-corrected chi connectivity index (χ4v) is 4.13. The van der Waals surface area contributed by atoms with E-state index in [9.17, 15) is 12.8 Å². The first kappa shape index (κ1) is 13.8. The normalized spacial score (nSPS) is 15.4. The molecule has 0 aromatic heterocycles. The Morgan fingerprint density at radius 2 is 1.86 bits per heavy atom. The van der Waals surface area contributed by atoms with Gasteiger partial charge in [-0.3, -0.25) is 0 Å². The first-order valence-electron chi connectivity index (χ1n) is 6.42. The summed E-state index contributed by atoms with van der Waals surface area (Å²) in [6.45, 7) is 1.77. The van der Waals surface area contributed by atoms with Crippen LogP contribution in [-0.4, -0.2) is 15.0 Å². The maximum absolute atomic E-state index is 13.5. The third-order valence-electron chi connectivity index (χ3n) is 3.36. The molecule has 0 saturated heterocycles. The van der Waals surface area contributed by atoms with Crippen LogP contribution in [0.25, 0.3) is 5.57 Å². The first-order chi connectivity index (χ1) is 9.99. The Kier molecular flexibility index (Phi) is 3.29. The summed E-state index contributed by atoms with van der Waals surface area (Å²) in [7, 11) is -3.44. The second-order valence-corrected chi connectivity index (χ2v) is 6.59. The molecule has 0 atom stereocenters. The lowest BCUT2D eigenvalue weighted by atomic mass is 10.1.